The predicted molar refractivity (Wildman–Crippen MR) is 76.9 cm³/mol. The van der Waals surface area contributed by atoms with E-state index in [4.69, 9.17) is 0 Å². The number of thioether (sulfide) groups is 1. The molecule has 19 heavy (non-hydrogen) atoms. The minimum absolute atomic E-state index is 0.105. The number of rotatable bonds is 3. The minimum Gasteiger partial charge on any atom is -0.350 e. The highest BCUT2D eigenvalue weighted by atomic mass is 32.2. The number of nitrogens with one attached hydrogen (secondary N) is 2. The molecule has 0 aliphatic carbocycles. The summed E-state index contributed by atoms with van der Waals surface area (Å²) in [6, 6.07) is 7.63. The molecule has 4 nitrogen and oxygen atoms in total. The zero-order chi connectivity index (χ0) is 13.8. The fourth-order valence-electron chi connectivity index (χ4n) is 1.61. The molecule has 0 spiro atoms. The Balaban J connectivity index is 2.14. The van der Waals surface area contributed by atoms with E-state index >= 15 is 0 Å². The van der Waals surface area contributed by atoms with Gasteiger partial charge in [0.2, 0.25) is 5.91 Å². The van der Waals surface area contributed by atoms with Crippen LogP contribution in [-0.2, 0) is 9.59 Å². The predicted octanol–water partition coefficient (Wildman–Crippen LogP) is 2.53. The first-order valence-corrected chi connectivity index (χ1v) is 7.02. The second-order valence-corrected chi connectivity index (χ2v) is 5.46. The van der Waals surface area contributed by atoms with Crippen molar-refractivity contribution in [2.24, 2.45) is 0 Å². The van der Waals surface area contributed by atoms with Gasteiger partial charge in [0, 0.05) is 17.0 Å². The molecule has 0 saturated carbocycles. The molecule has 1 aliphatic rings. The van der Waals surface area contributed by atoms with E-state index in [0.29, 0.717) is 4.91 Å². The van der Waals surface area contributed by atoms with Crippen molar-refractivity contribution < 1.29 is 9.59 Å². The van der Waals surface area contributed by atoms with Crippen LogP contribution in [-0.4, -0.2) is 17.9 Å². The molecule has 100 valence electrons. The quantitative estimate of drug-likeness (QED) is 0.834. The van der Waals surface area contributed by atoms with Crippen molar-refractivity contribution in [1.29, 1.82) is 0 Å². The van der Waals surface area contributed by atoms with Crippen molar-refractivity contribution in [3.8, 4) is 0 Å². The van der Waals surface area contributed by atoms with Crippen LogP contribution in [0, 0.1) is 0 Å². The minimum atomic E-state index is -0.233. The van der Waals surface area contributed by atoms with Crippen molar-refractivity contribution >= 4 is 29.3 Å². The molecule has 1 aliphatic heterocycles. The van der Waals surface area contributed by atoms with Gasteiger partial charge in [0.15, 0.2) is 0 Å². The first kappa shape index (κ1) is 13.7. The summed E-state index contributed by atoms with van der Waals surface area (Å²) in [5.41, 5.74) is 0.789. The molecular weight excluding hydrogens is 260 g/mol. The van der Waals surface area contributed by atoms with Crippen molar-refractivity contribution in [3.63, 3.8) is 0 Å². The number of amides is 2. The fourth-order valence-corrected chi connectivity index (χ4v) is 2.53. The van der Waals surface area contributed by atoms with Crippen LogP contribution >= 0.6 is 11.8 Å². The van der Waals surface area contributed by atoms with Crippen LogP contribution in [0.4, 0.5) is 5.69 Å². The van der Waals surface area contributed by atoms with Gasteiger partial charge in [-0.15, -0.1) is 0 Å². The van der Waals surface area contributed by atoms with Crippen LogP contribution in [0.15, 0.2) is 40.1 Å². The second kappa shape index (κ2) is 5.93. The lowest BCUT2D eigenvalue weighted by molar-refractivity contribution is -0.118. The van der Waals surface area contributed by atoms with Gasteiger partial charge in [0.1, 0.15) is 0 Å². The number of benzene rings is 1. The Labute approximate surface area is 116 Å². The van der Waals surface area contributed by atoms with Gasteiger partial charge in [-0.1, -0.05) is 30.8 Å². The van der Waals surface area contributed by atoms with Crippen LogP contribution in [0.2, 0.25) is 0 Å². The number of carbonyl (C=O) groups is 2. The van der Waals surface area contributed by atoms with Crippen molar-refractivity contribution in [3.05, 3.63) is 35.2 Å². The number of para-hydroxylation sites is 1. The largest absolute Gasteiger partial charge is 0.350 e. The molecule has 1 aromatic rings. The first-order chi connectivity index (χ1) is 9.10. The van der Waals surface area contributed by atoms with Gasteiger partial charge >= 0.3 is 0 Å². The summed E-state index contributed by atoms with van der Waals surface area (Å²) in [7, 11) is 0. The molecule has 0 unspecified atom stereocenters. The van der Waals surface area contributed by atoms with Crippen LogP contribution in [0.25, 0.3) is 0 Å². The van der Waals surface area contributed by atoms with Gasteiger partial charge in [0.25, 0.3) is 5.91 Å². The fraction of sp³-hybridized carbons (Fsp3) is 0.286. The summed E-state index contributed by atoms with van der Waals surface area (Å²) in [4.78, 5) is 25.0. The van der Waals surface area contributed by atoms with Crippen molar-refractivity contribution in [2.75, 3.05) is 5.32 Å². The molecule has 0 bridgehead atoms. The first-order valence-electron chi connectivity index (χ1n) is 6.20. The molecule has 0 radical (unpaired) electrons. The smallest absolute Gasteiger partial charge is 0.262 e. The second-order valence-electron chi connectivity index (χ2n) is 4.38. The van der Waals surface area contributed by atoms with Crippen LogP contribution in [0.1, 0.15) is 20.3 Å². The highest BCUT2D eigenvalue weighted by Crippen LogP contribution is 2.37. The van der Waals surface area contributed by atoms with E-state index in [9.17, 15) is 9.59 Å². The maximum absolute atomic E-state index is 11.9. The molecule has 0 aromatic heterocycles. The van der Waals surface area contributed by atoms with Crippen molar-refractivity contribution in [2.45, 2.75) is 31.2 Å². The summed E-state index contributed by atoms with van der Waals surface area (Å²) in [6.07, 6.45) is 2.22. The number of fused-ring (bicyclic) bond motifs is 1. The zero-order valence-corrected chi connectivity index (χ0v) is 11.7. The zero-order valence-electron chi connectivity index (χ0n) is 10.9. The van der Waals surface area contributed by atoms with E-state index in [1.807, 2.05) is 38.1 Å². The number of anilines is 1. The van der Waals surface area contributed by atoms with E-state index in [1.54, 1.807) is 0 Å². The number of carbonyl (C=O) groups excluding carboxylic acids is 2. The Morgan fingerprint density at radius 2 is 2.21 bits per heavy atom. The Morgan fingerprint density at radius 1 is 1.47 bits per heavy atom. The van der Waals surface area contributed by atoms with Gasteiger partial charge in [-0.05, 0) is 25.5 Å². The molecule has 1 heterocycles. The molecule has 2 rings (SSSR count). The Morgan fingerprint density at radius 3 is 2.95 bits per heavy atom. The topological polar surface area (TPSA) is 58.2 Å². The Hall–Kier alpha value is -1.75. The molecule has 2 N–H and O–H groups in total. The van der Waals surface area contributed by atoms with Gasteiger partial charge in [-0.3, -0.25) is 9.59 Å². The monoisotopic (exact) mass is 276 g/mol. The van der Waals surface area contributed by atoms with Crippen LogP contribution < -0.4 is 10.6 Å². The molecule has 1 atom stereocenters. The SMILES string of the molecule is CC[C@H](C)NC(=O)/C=C1\Sc2ccccc2NC1=O. The average Bonchev–Trinajstić information content (AvgIpc) is 2.39. The third-order valence-electron chi connectivity index (χ3n) is 2.84. The van der Waals surface area contributed by atoms with E-state index in [1.165, 1.54) is 17.8 Å². The summed E-state index contributed by atoms with van der Waals surface area (Å²) in [5.74, 6) is -0.464. The number of hydrogen-bond acceptors (Lipinski definition) is 3. The van der Waals surface area contributed by atoms with Crippen LogP contribution in [0.5, 0.6) is 0 Å². The van der Waals surface area contributed by atoms with Gasteiger partial charge in [-0.2, -0.15) is 0 Å². The Kier molecular flexibility index (Phi) is 4.27. The lowest BCUT2D eigenvalue weighted by Crippen LogP contribution is -2.31. The van der Waals surface area contributed by atoms with Gasteiger partial charge in [-0.25, -0.2) is 0 Å². The Bertz CT molecular complexity index is 540. The number of hydrogen-bond donors (Lipinski definition) is 2. The van der Waals surface area contributed by atoms with Crippen LogP contribution in [0.3, 0.4) is 0 Å². The maximum Gasteiger partial charge on any atom is 0.262 e. The normalized spacial score (nSPS) is 17.6. The highest BCUT2D eigenvalue weighted by molar-refractivity contribution is 8.04. The lowest BCUT2D eigenvalue weighted by Gasteiger charge is -2.18. The van der Waals surface area contributed by atoms with E-state index in [-0.39, 0.29) is 17.9 Å². The van der Waals surface area contributed by atoms with Crippen molar-refractivity contribution in [1.82, 2.24) is 5.32 Å². The molecular formula is C14H16N2O2S. The van der Waals surface area contributed by atoms with E-state index in [0.717, 1.165) is 17.0 Å². The average molecular weight is 276 g/mol. The summed E-state index contributed by atoms with van der Waals surface area (Å²) < 4.78 is 0. The summed E-state index contributed by atoms with van der Waals surface area (Å²) in [6.45, 7) is 3.93. The molecule has 0 fully saturated rings. The maximum atomic E-state index is 11.9. The van der Waals surface area contributed by atoms with Gasteiger partial charge < -0.3 is 10.6 Å². The lowest BCUT2D eigenvalue weighted by atomic mass is 10.2. The molecule has 2 amide bonds. The van der Waals surface area contributed by atoms with Gasteiger partial charge in [0.05, 0.1) is 10.6 Å². The molecule has 5 heteroatoms. The molecule has 1 aromatic carbocycles. The third kappa shape index (κ3) is 3.38. The third-order valence-corrected chi connectivity index (χ3v) is 3.94. The standard InChI is InChI=1S/C14H16N2O2S/c1-3-9(2)15-13(17)8-12-14(18)16-10-6-4-5-7-11(10)19-12/h4-9H,3H2,1-2H3,(H,15,17)(H,16,18)/b12-8-/t9-/m0/s1. The van der Waals surface area contributed by atoms with E-state index in [2.05, 4.69) is 10.6 Å². The molecule has 0 saturated heterocycles. The summed E-state index contributed by atoms with van der Waals surface area (Å²) >= 11 is 1.32. The van der Waals surface area contributed by atoms with E-state index < -0.39 is 0 Å². The summed E-state index contributed by atoms with van der Waals surface area (Å²) in [5, 5.41) is 5.59. The highest BCUT2D eigenvalue weighted by Gasteiger charge is 2.21.